The van der Waals surface area contributed by atoms with Crippen molar-refractivity contribution in [2.75, 3.05) is 6.54 Å². The maximum atomic E-state index is 13.4. The van der Waals surface area contributed by atoms with Crippen LogP contribution in [0.4, 0.5) is 0 Å². The Balaban J connectivity index is 1.63. The molecular weight excluding hydrogens is 368 g/mol. The van der Waals surface area contributed by atoms with Crippen LogP contribution in [0.2, 0.25) is 0 Å². The van der Waals surface area contributed by atoms with Gasteiger partial charge in [0.05, 0.1) is 17.4 Å². The minimum absolute atomic E-state index is 0.0857. The van der Waals surface area contributed by atoms with Gasteiger partial charge in [-0.3, -0.25) is 9.48 Å². The zero-order valence-electron chi connectivity index (χ0n) is 16.7. The van der Waals surface area contributed by atoms with E-state index in [0.29, 0.717) is 0 Å². The molecule has 1 fully saturated rings. The second-order valence-corrected chi connectivity index (χ2v) is 8.37. The normalized spacial score (nSPS) is 17.1. The summed E-state index contributed by atoms with van der Waals surface area (Å²) in [6.45, 7) is 4.87. The molecule has 0 radical (unpaired) electrons. The summed E-state index contributed by atoms with van der Waals surface area (Å²) in [5.41, 5.74) is 4.30. The fourth-order valence-electron chi connectivity index (χ4n) is 3.92. The molecule has 0 bridgehead atoms. The van der Waals surface area contributed by atoms with Crippen LogP contribution in [0.5, 0.6) is 0 Å². The van der Waals surface area contributed by atoms with E-state index in [2.05, 4.69) is 36.3 Å². The first-order valence-corrected chi connectivity index (χ1v) is 10.8. The Morgan fingerprint density at radius 2 is 2.00 bits per heavy atom. The maximum Gasteiger partial charge on any atom is 0.266 e. The third kappa shape index (κ3) is 3.49. The average molecular weight is 395 g/mol. The van der Waals surface area contributed by atoms with Crippen LogP contribution in [-0.4, -0.2) is 32.1 Å². The van der Waals surface area contributed by atoms with Crippen LogP contribution in [-0.2, 0) is 13.5 Å². The third-order valence-corrected chi connectivity index (χ3v) is 6.76. The van der Waals surface area contributed by atoms with Gasteiger partial charge < -0.3 is 4.90 Å². The van der Waals surface area contributed by atoms with Crippen molar-refractivity contribution in [2.24, 2.45) is 7.05 Å². The van der Waals surface area contributed by atoms with Gasteiger partial charge in [-0.15, -0.1) is 11.3 Å². The minimum atomic E-state index is 0.0857. The molecule has 1 amide bonds. The van der Waals surface area contributed by atoms with Gasteiger partial charge in [-0.2, -0.15) is 5.10 Å². The SMILES string of the molecule is CCc1ccc(-c2nc(C)c(C(=O)N3CCCC[C@H]3c3ccnn3C)s2)cc1. The Labute approximate surface area is 170 Å². The number of nitrogens with zero attached hydrogens (tertiary/aromatic N) is 4. The van der Waals surface area contributed by atoms with E-state index >= 15 is 0 Å². The van der Waals surface area contributed by atoms with Gasteiger partial charge in [-0.05, 0) is 44.2 Å². The van der Waals surface area contributed by atoms with E-state index in [1.165, 1.54) is 16.9 Å². The molecule has 4 rings (SSSR count). The number of piperidine rings is 1. The van der Waals surface area contributed by atoms with Crippen molar-refractivity contribution in [1.82, 2.24) is 19.7 Å². The zero-order valence-corrected chi connectivity index (χ0v) is 17.5. The summed E-state index contributed by atoms with van der Waals surface area (Å²) in [5, 5.41) is 5.22. The first-order valence-electron chi connectivity index (χ1n) is 9.94. The highest BCUT2D eigenvalue weighted by molar-refractivity contribution is 7.17. The van der Waals surface area contributed by atoms with Gasteiger partial charge in [0.1, 0.15) is 9.88 Å². The second kappa shape index (κ2) is 7.87. The van der Waals surface area contributed by atoms with Crippen LogP contribution in [0.1, 0.15) is 58.9 Å². The molecule has 1 aliphatic heterocycles. The molecule has 0 saturated carbocycles. The van der Waals surface area contributed by atoms with E-state index in [1.807, 2.05) is 35.8 Å². The molecule has 146 valence electrons. The largest absolute Gasteiger partial charge is 0.329 e. The monoisotopic (exact) mass is 394 g/mol. The number of likely N-dealkylation sites (tertiary alicyclic amines) is 1. The first kappa shape index (κ1) is 18.9. The Morgan fingerprint density at radius 3 is 2.68 bits per heavy atom. The molecule has 3 heterocycles. The number of amides is 1. The van der Waals surface area contributed by atoms with Crippen LogP contribution < -0.4 is 0 Å². The van der Waals surface area contributed by atoms with Crippen molar-refractivity contribution < 1.29 is 4.79 Å². The minimum Gasteiger partial charge on any atom is -0.329 e. The lowest BCUT2D eigenvalue weighted by Gasteiger charge is -2.35. The Hall–Kier alpha value is -2.47. The van der Waals surface area contributed by atoms with Crippen molar-refractivity contribution in [3.63, 3.8) is 0 Å². The summed E-state index contributed by atoms with van der Waals surface area (Å²) in [5.74, 6) is 0.0947. The highest BCUT2D eigenvalue weighted by Crippen LogP contribution is 2.35. The number of rotatable bonds is 4. The molecule has 1 saturated heterocycles. The number of carbonyl (C=O) groups is 1. The molecule has 0 unspecified atom stereocenters. The molecule has 0 aliphatic carbocycles. The zero-order chi connectivity index (χ0) is 19.7. The van der Waals surface area contributed by atoms with Gasteiger partial charge in [-0.1, -0.05) is 31.2 Å². The van der Waals surface area contributed by atoms with E-state index in [-0.39, 0.29) is 11.9 Å². The van der Waals surface area contributed by atoms with Crippen molar-refractivity contribution in [2.45, 2.75) is 45.6 Å². The van der Waals surface area contributed by atoms with Crippen molar-refractivity contribution in [3.8, 4) is 10.6 Å². The predicted molar refractivity (Wildman–Crippen MR) is 113 cm³/mol. The molecule has 1 aromatic carbocycles. The van der Waals surface area contributed by atoms with Crippen LogP contribution in [0, 0.1) is 6.92 Å². The van der Waals surface area contributed by atoms with Gasteiger partial charge in [0.25, 0.3) is 5.91 Å². The van der Waals surface area contributed by atoms with Crippen LogP contribution in [0.25, 0.3) is 10.6 Å². The van der Waals surface area contributed by atoms with Crippen molar-refractivity contribution >= 4 is 17.2 Å². The molecule has 0 spiro atoms. The Bertz CT molecular complexity index is 973. The lowest BCUT2D eigenvalue weighted by Crippen LogP contribution is -2.39. The summed E-state index contributed by atoms with van der Waals surface area (Å²) in [6.07, 6.45) is 5.99. The highest BCUT2D eigenvalue weighted by atomic mass is 32.1. The van der Waals surface area contributed by atoms with Crippen molar-refractivity contribution in [3.05, 3.63) is 58.4 Å². The van der Waals surface area contributed by atoms with Gasteiger partial charge in [0.2, 0.25) is 0 Å². The molecule has 5 nitrogen and oxygen atoms in total. The Kier molecular flexibility index (Phi) is 5.31. The van der Waals surface area contributed by atoms with E-state index in [9.17, 15) is 4.79 Å². The van der Waals surface area contributed by atoms with Gasteiger partial charge in [-0.25, -0.2) is 4.98 Å². The second-order valence-electron chi connectivity index (χ2n) is 7.37. The van der Waals surface area contributed by atoms with E-state index in [1.54, 1.807) is 0 Å². The average Bonchev–Trinajstić information content (AvgIpc) is 3.33. The third-order valence-electron chi connectivity index (χ3n) is 5.56. The number of hydrogen-bond donors (Lipinski definition) is 0. The van der Waals surface area contributed by atoms with E-state index in [0.717, 1.165) is 59.1 Å². The van der Waals surface area contributed by atoms with Gasteiger partial charge in [0, 0.05) is 25.4 Å². The number of thiazole rings is 1. The van der Waals surface area contributed by atoms with Crippen LogP contribution in [0.15, 0.2) is 36.5 Å². The van der Waals surface area contributed by atoms with Gasteiger partial charge >= 0.3 is 0 Å². The lowest BCUT2D eigenvalue weighted by atomic mass is 9.99. The first-order chi connectivity index (χ1) is 13.6. The molecule has 6 heteroatoms. The molecule has 28 heavy (non-hydrogen) atoms. The summed E-state index contributed by atoms with van der Waals surface area (Å²) in [4.78, 5) is 20.9. The van der Waals surface area contributed by atoms with Crippen LogP contribution >= 0.6 is 11.3 Å². The molecular formula is C22H26N4OS. The summed E-state index contributed by atoms with van der Waals surface area (Å²) < 4.78 is 1.89. The fourth-order valence-corrected chi connectivity index (χ4v) is 4.95. The standard InChI is InChI=1S/C22H26N4OS/c1-4-16-8-10-17(11-9-16)21-24-15(2)20(28-21)22(27)26-14-6-5-7-19(26)18-12-13-23-25(18)3/h8-13,19H,4-7,14H2,1-3H3/t19-/m0/s1. The quantitative estimate of drug-likeness (QED) is 0.640. The number of aryl methyl sites for hydroxylation is 3. The number of benzene rings is 1. The summed E-state index contributed by atoms with van der Waals surface area (Å²) in [6, 6.07) is 10.6. The molecule has 3 aromatic rings. The lowest BCUT2D eigenvalue weighted by molar-refractivity contribution is 0.0605. The van der Waals surface area contributed by atoms with Crippen LogP contribution in [0.3, 0.4) is 0 Å². The summed E-state index contributed by atoms with van der Waals surface area (Å²) in [7, 11) is 1.95. The number of carbonyl (C=O) groups excluding carboxylic acids is 1. The highest BCUT2D eigenvalue weighted by Gasteiger charge is 2.32. The topological polar surface area (TPSA) is 51.0 Å². The predicted octanol–water partition coefficient (Wildman–Crippen LogP) is 4.78. The number of aromatic nitrogens is 3. The molecule has 0 N–H and O–H groups in total. The van der Waals surface area contributed by atoms with Crippen molar-refractivity contribution in [1.29, 1.82) is 0 Å². The Morgan fingerprint density at radius 1 is 1.21 bits per heavy atom. The molecule has 1 atom stereocenters. The van der Waals surface area contributed by atoms with Gasteiger partial charge in [0.15, 0.2) is 0 Å². The summed E-state index contributed by atoms with van der Waals surface area (Å²) >= 11 is 1.51. The van der Waals surface area contributed by atoms with E-state index < -0.39 is 0 Å². The molecule has 1 aliphatic rings. The smallest absolute Gasteiger partial charge is 0.266 e. The van der Waals surface area contributed by atoms with E-state index in [4.69, 9.17) is 4.98 Å². The number of hydrogen-bond acceptors (Lipinski definition) is 4. The fraction of sp³-hybridized carbons (Fsp3) is 0.409. The maximum absolute atomic E-state index is 13.4. The molecule has 2 aromatic heterocycles.